The molecule has 2 N–H and O–H groups in total. The molecule has 0 saturated carbocycles. The Kier molecular flexibility index (Phi) is 10.7. The van der Waals surface area contributed by atoms with Crippen molar-refractivity contribution in [3.63, 3.8) is 0 Å². The van der Waals surface area contributed by atoms with Crippen molar-refractivity contribution < 1.29 is 14.4 Å². The van der Waals surface area contributed by atoms with Gasteiger partial charge in [0.2, 0.25) is 11.8 Å². The monoisotopic (exact) mass is 376 g/mol. The van der Waals surface area contributed by atoms with Crippen LogP contribution in [0.15, 0.2) is 0 Å². The van der Waals surface area contributed by atoms with Crippen LogP contribution in [0.2, 0.25) is 0 Å². The van der Waals surface area contributed by atoms with E-state index < -0.39 is 0 Å². The van der Waals surface area contributed by atoms with E-state index in [1.165, 1.54) is 6.92 Å². The number of carbonyl (C=O) groups is 3. The highest BCUT2D eigenvalue weighted by atomic mass is 33.1. The van der Waals surface area contributed by atoms with E-state index in [9.17, 15) is 14.4 Å². The van der Waals surface area contributed by atoms with Gasteiger partial charge in [-0.1, -0.05) is 28.5 Å². The predicted octanol–water partition coefficient (Wildman–Crippen LogP) is 3.33. The van der Waals surface area contributed by atoms with Crippen molar-refractivity contribution in [1.29, 1.82) is 0 Å². The lowest BCUT2D eigenvalue weighted by Gasteiger charge is -2.30. The maximum Gasteiger partial charge on any atom is 0.220 e. The Balaban J connectivity index is 4.09. The molecule has 0 aliphatic heterocycles. The maximum atomic E-state index is 11.9. The minimum Gasteiger partial charge on any atom is -0.356 e. The summed E-state index contributed by atoms with van der Waals surface area (Å²) in [5, 5.41) is 5.65. The molecule has 0 rings (SSSR count). The Hall–Kier alpha value is -0.690. The lowest BCUT2D eigenvalue weighted by atomic mass is 10.1. The van der Waals surface area contributed by atoms with Crippen molar-refractivity contribution in [2.24, 2.45) is 0 Å². The largest absolute Gasteiger partial charge is 0.356 e. The molecule has 0 spiro atoms. The van der Waals surface area contributed by atoms with Gasteiger partial charge in [-0.25, -0.2) is 0 Å². The van der Waals surface area contributed by atoms with Crippen molar-refractivity contribution in [3.05, 3.63) is 0 Å². The third kappa shape index (κ3) is 12.7. The van der Waals surface area contributed by atoms with E-state index in [-0.39, 0.29) is 27.1 Å². The smallest absolute Gasteiger partial charge is 0.220 e. The quantitative estimate of drug-likeness (QED) is 0.511. The lowest BCUT2D eigenvalue weighted by Crippen LogP contribution is -2.35. The fourth-order valence-electron chi connectivity index (χ4n) is 1.66. The fraction of sp³-hybridized carbons (Fsp3) is 0.824. The normalized spacial score (nSPS) is 11.9. The van der Waals surface area contributed by atoms with Crippen LogP contribution in [0.4, 0.5) is 0 Å². The van der Waals surface area contributed by atoms with Crippen LogP contribution in [-0.4, -0.2) is 40.2 Å². The molecule has 0 radical (unpaired) electrons. The average molecular weight is 377 g/mol. The zero-order valence-electron chi connectivity index (χ0n) is 15.8. The zero-order valence-corrected chi connectivity index (χ0v) is 17.4. The van der Waals surface area contributed by atoms with E-state index >= 15 is 0 Å². The van der Waals surface area contributed by atoms with E-state index in [1.807, 2.05) is 6.92 Å². The van der Waals surface area contributed by atoms with Crippen LogP contribution in [0.5, 0.6) is 0 Å². The van der Waals surface area contributed by atoms with E-state index in [0.717, 1.165) is 6.42 Å². The van der Waals surface area contributed by atoms with Gasteiger partial charge in [0.25, 0.3) is 0 Å². The summed E-state index contributed by atoms with van der Waals surface area (Å²) in [5.74, 6) is 0.144. The van der Waals surface area contributed by atoms with Crippen LogP contribution in [0.1, 0.15) is 67.2 Å². The molecule has 0 aromatic carbocycles. The lowest BCUT2D eigenvalue weighted by molar-refractivity contribution is -0.122. The Labute approximate surface area is 154 Å². The minimum atomic E-state index is -0.0730. The van der Waals surface area contributed by atoms with Crippen LogP contribution in [0.25, 0.3) is 0 Å². The molecule has 2 amide bonds. The predicted molar refractivity (Wildman–Crippen MR) is 104 cm³/mol. The average Bonchev–Trinajstić information content (AvgIpc) is 2.49. The Morgan fingerprint density at radius 1 is 0.917 bits per heavy atom. The molecule has 5 nitrogen and oxygen atoms in total. The van der Waals surface area contributed by atoms with Gasteiger partial charge in [0.15, 0.2) is 0 Å². The van der Waals surface area contributed by atoms with E-state index in [2.05, 4.69) is 38.3 Å². The number of hydrogen-bond acceptors (Lipinski definition) is 5. The molecule has 0 heterocycles. The Morgan fingerprint density at radius 3 is 2.04 bits per heavy atom. The van der Waals surface area contributed by atoms with Gasteiger partial charge in [0, 0.05) is 48.8 Å². The number of rotatable bonds is 12. The molecule has 7 heteroatoms. The first-order valence-electron chi connectivity index (χ1n) is 8.37. The summed E-state index contributed by atoms with van der Waals surface area (Å²) in [6, 6.07) is 0. The number of nitrogens with one attached hydrogen (secondary N) is 2. The summed E-state index contributed by atoms with van der Waals surface area (Å²) in [5.41, 5.74) is 0. The van der Waals surface area contributed by atoms with Gasteiger partial charge in [-0.3, -0.25) is 14.4 Å². The van der Waals surface area contributed by atoms with Crippen LogP contribution in [0.3, 0.4) is 0 Å². The first kappa shape index (κ1) is 23.3. The third-order valence-electron chi connectivity index (χ3n) is 3.33. The van der Waals surface area contributed by atoms with Crippen LogP contribution in [-0.2, 0) is 14.4 Å². The SMILES string of the molecule is CCC(=O)CCNC(=O)CCC(C)(C)SSC(C)(C)CNC(C)=O. The Bertz CT molecular complexity index is 438. The highest BCUT2D eigenvalue weighted by molar-refractivity contribution is 8.77. The van der Waals surface area contributed by atoms with E-state index in [4.69, 9.17) is 0 Å². The molecular weight excluding hydrogens is 344 g/mol. The summed E-state index contributed by atoms with van der Waals surface area (Å²) >= 11 is 0. The second-order valence-corrected chi connectivity index (χ2v) is 10.6. The van der Waals surface area contributed by atoms with Gasteiger partial charge in [0.1, 0.15) is 5.78 Å². The topological polar surface area (TPSA) is 75.3 Å². The standard InChI is InChI=1S/C17H32N2O3S2/c1-7-14(21)9-11-18-15(22)8-10-16(3,4)23-24-17(5,6)12-19-13(2)20/h7-12H2,1-6H3,(H,18,22)(H,19,20). The molecule has 0 atom stereocenters. The first-order valence-corrected chi connectivity index (χ1v) is 10.5. The number of amides is 2. The molecule has 0 saturated heterocycles. The van der Waals surface area contributed by atoms with Crippen LogP contribution >= 0.6 is 21.6 Å². The van der Waals surface area contributed by atoms with Crippen molar-refractivity contribution >= 4 is 39.2 Å². The van der Waals surface area contributed by atoms with Gasteiger partial charge in [-0.2, -0.15) is 0 Å². The van der Waals surface area contributed by atoms with Gasteiger partial charge < -0.3 is 10.6 Å². The van der Waals surface area contributed by atoms with Crippen LogP contribution in [0, 0.1) is 0 Å². The molecule has 0 bridgehead atoms. The van der Waals surface area contributed by atoms with Gasteiger partial charge in [-0.15, -0.1) is 0 Å². The number of carbonyl (C=O) groups excluding carboxylic acids is 3. The zero-order chi connectivity index (χ0) is 18.8. The van der Waals surface area contributed by atoms with Gasteiger partial charge in [-0.05, 0) is 34.1 Å². The highest BCUT2D eigenvalue weighted by Gasteiger charge is 2.26. The van der Waals surface area contributed by atoms with Crippen LogP contribution < -0.4 is 10.6 Å². The van der Waals surface area contributed by atoms with Crippen molar-refractivity contribution in [1.82, 2.24) is 10.6 Å². The molecule has 0 aromatic heterocycles. The second kappa shape index (κ2) is 11.0. The minimum absolute atomic E-state index is 0.00455. The van der Waals surface area contributed by atoms with Crippen molar-refractivity contribution in [2.45, 2.75) is 76.7 Å². The van der Waals surface area contributed by atoms with Crippen molar-refractivity contribution in [3.8, 4) is 0 Å². The molecule has 140 valence electrons. The molecule has 0 aliphatic carbocycles. The molecule has 0 fully saturated rings. The number of Topliss-reactive ketones (excluding diaryl/α,β-unsaturated/α-hetero) is 1. The summed E-state index contributed by atoms with van der Waals surface area (Å²) in [6.45, 7) is 12.8. The summed E-state index contributed by atoms with van der Waals surface area (Å²) in [4.78, 5) is 34.1. The molecule has 0 aromatic rings. The number of hydrogen-bond donors (Lipinski definition) is 2. The Morgan fingerprint density at radius 2 is 1.50 bits per heavy atom. The molecule has 0 aliphatic rings. The van der Waals surface area contributed by atoms with E-state index in [1.54, 1.807) is 21.6 Å². The molecule has 24 heavy (non-hydrogen) atoms. The summed E-state index contributed by atoms with van der Waals surface area (Å²) < 4.78 is -0.120. The van der Waals surface area contributed by atoms with Gasteiger partial charge in [0.05, 0.1) is 0 Å². The summed E-state index contributed by atoms with van der Waals surface area (Å²) in [6.07, 6.45) is 2.14. The van der Waals surface area contributed by atoms with E-state index in [0.29, 0.717) is 32.4 Å². The van der Waals surface area contributed by atoms with Crippen molar-refractivity contribution in [2.75, 3.05) is 13.1 Å². The molecular formula is C17H32N2O3S2. The highest BCUT2D eigenvalue weighted by Crippen LogP contribution is 2.45. The third-order valence-corrected chi connectivity index (χ3v) is 7.62. The summed E-state index contributed by atoms with van der Waals surface area (Å²) in [7, 11) is 3.47. The fourth-order valence-corrected chi connectivity index (χ4v) is 4.20. The second-order valence-electron chi connectivity index (χ2n) is 7.09. The molecule has 0 unspecified atom stereocenters. The maximum absolute atomic E-state index is 11.9. The first-order chi connectivity index (χ1) is 11.0. The van der Waals surface area contributed by atoms with Gasteiger partial charge >= 0.3 is 0 Å². The number of ketones is 1.